The van der Waals surface area contributed by atoms with E-state index in [2.05, 4.69) is 6.58 Å². The highest BCUT2D eigenvalue weighted by molar-refractivity contribution is 4.96. The van der Waals surface area contributed by atoms with Crippen LogP contribution in [-0.4, -0.2) is 49.4 Å². The van der Waals surface area contributed by atoms with Crippen LogP contribution in [0.1, 0.15) is 6.92 Å². The molecule has 0 aromatic carbocycles. The van der Waals surface area contributed by atoms with Crippen molar-refractivity contribution in [2.75, 3.05) is 33.0 Å². The molecule has 78 valence electrons. The lowest BCUT2D eigenvalue weighted by Gasteiger charge is -2.10. The van der Waals surface area contributed by atoms with Crippen LogP contribution >= 0.6 is 0 Å². The van der Waals surface area contributed by atoms with Gasteiger partial charge in [0.2, 0.25) is 0 Å². The van der Waals surface area contributed by atoms with E-state index < -0.39 is 6.10 Å². The first-order valence-electron chi connectivity index (χ1n) is 4.28. The zero-order chi connectivity index (χ0) is 10.1. The van der Waals surface area contributed by atoms with Gasteiger partial charge in [0.1, 0.15) is 0 Å². The Morgan fingerprint density at radius 3 is 2.46 bits per heavy atom. The molecule has 0 heterocycles. The normalized spacial score (nSPS) is 12.8. The van der Waals surface area contributed by atoms with Gasteiger partial charge >= 0.3 is 0 Å². The molecule has 1 atom stereocenters. The van der Waals surface area contributed by atoms with E-state index >= 15 is 0 Å². The summed E-state index contributed by atoms with van der Waals surface area (Å²) in [5.74, 6) is 0. The molecule has 13 heavy (non-hydrogen) atoms. The molecule has 0 aromatic rings. The maximum Gasteiger partial charge on any atom is 0.0978 e. The minimum absolute atomic E-state index is 0.0222. The lowest BCUT2D eigenvalue weighted by atomic mass is 10.2. The van der Waals surface area contributed by atoms with Crippen LogP contribution in [0.3, 0.4) is 0 Å². The molecule has 0 aliphatic heterocycles. The van der Waals surface area contributed by atoms with Gasteiger partial charge in [-0.15, -0.1) is 0 Å². The minimum Gasteiger partial charge on any atom is -0.394 e. The molecular weight excluding hydrogens is 172 g/mol. The number of ether oxygens (including phenoxy) is 2. The van der Waals surface area contributed by atoms with Crippen LogP contribution in [0.4, 0.5) is 0 Å². The second-order valence-electron chi connectivity index (χ2n) is 2.77. The third kappa shape index (κ3) is 7.93. The van der Waals surface area contributed by atoms with Gasteiger partial charge in [0.05, 0.1) is 39.1 Å². The molecule has 0 bridgehead atoms. The van der Waals surface area contributed by atoms with Crippen LogP contribution in [0.25, 0.3) is 0 Å². The van der Waals surface area contributed by atoms with Gasteiger partial charge in [0.25, 0.3) is 0 Å². The van der Waals surface area contributed by atoms with Gasteiger partial charge in [-0.1, -0.05) is 6.58 Å². The number of aliphatic hydroxyl groups excluding tert-OH is 2. The van der Waals surface area contributed by atoms with Crippen LogP contribution in [0.15, 0.2) is 12.2 Å². The molecular formula is C9H18O4. The average molecular weight is 190 g/mol. The monoisotopic (exact) mass is 190 g/mol. The summed E-state index contributed by atoms with van der Waals surface area (Å²) in [6, 6.07) is 0. The lowest BCUT2D eigenvalue weighted by molar-refractivity contribution is 0.00697. The Kier molecular flexibility index (Phi) is 7.93. The molecule has 0 rings (SSSR count). The molecule has 0 amide bonds. The SMILES string of the molecule is C=C(C)C(O)COCCOCCO. The number of rotatable bonds is 8. The van der Waals surface area contributed by atoms with E-state index in [0.29, 0.717) is 25.4 Å². The molecule has 4 heteroatoms. The molecule has 0 spiro atoms. The van der Waals surface area contributed by atoms with Gasteiger partial charge < -0.3 is 19.7 Å². The van der Waals surface area contributed by atoms with Crippen molar-refractivity contribution in [3.05, 3.63) is 12.2 Å². The van der Waals surface area contributed by atoms with Gasteiger partial charge in [-0.2, -0.15) is 0 Å². The molecule has 0 aliphatic rings. The van der Waals surface area contributed by atoms with Crippen molar-refractivity contribution in [3.8, 4) is 0 Å². The van der Waals surface area contributed by atoms with Crippen molar-refractivity contribution in [1.29, 1.82) is 0 Å². The highest BCUT2D eigenvalue weighted by Crippen LogP contribution is 1.97. The second-order valence-corrected chi connectivity index (χ2v) is 2.77. The minimum atomic E-state index is -0.599. The van der Waals surface area contributed by atoms with Gasteiger partial charge in [-0.05, 0) is 12.5 Å². The number of hydrogen-bond donors (Lipinski definition) is 2. The van der Waals surface area contributed by atoms with E-state index in [1.165, 1.54) is 0 Å². The summed E-state index contributed by atoms with van der Waals surface area (Å²) in [5, 5.41) is 17.6. The van der Waals surface area contributed by atoms with Crippen molar-refractivity contribution in [2.45, 2.75) is 13.0 Å². The van der Waals surface area contributed by atoms with Crippen molar-refractivity contribution in [1.82, 2.24) is 0 Å². The predicted octanol–water partition coefficient (Wildman–Crippen LogP) is -0.0511. The van der Waals surface area contributed by atoms with Crippen molar-refractivity contribution in [2.24, 2.45) is 0 Å². The molecule has 0 aliphatic carbocycles. The zero-order valence-corrected chi connectivity index (χ0v) is 8.03. The van der Waals surface area contributed by atoms with Crippen LogP contribution in [-0.2, 0) is 9.47 Å². The summed E-state index contributed by atoms with van der Waals surface area (Å²) in [5.41, 5.74) is 0.691. The smallest absolute Gasteiger partial charge is 0.0978 e. The molecule has 0 radical (unpaired) electrons. The van der Waals surface area contributed by atoms with Crippen molar-refractivity contribution in [3.63, 3.8) is 0 Å². The van der Waals surface area contributed by atoms with Gasteiger partial charge in [-0.25, -0.2) is 0 Å². The van der Waals surface area contributed by atoms with E-state index in [-0.39, 0.29) is 13.2 Å². The van der Waals surface area contributed by atoms with E-state index in [9.17, 15) is 5.11 Å². The zero-order valence-electron chi connectivity index (χ0n) is 8.03. The van der Waals surface area contributed by atoms with Crippen LogP contribution in [0.2, 0.25) is 0 Å². The van der Waals surface area contributed by atoms with Gasteiger partial charge in [0.15, 0.2) is 0 Å². The molecule has 4 nitrogen and oxygen atoms in total. The van der Waals surface area contributed by atoms with Crippen LogP contribution in [0.5, 0.6) is 0 Å². The maximum absolute atomic E-state index is 9.22. The summed E-state index contributed by atoms with van der Waals surface area (Å²) in [6.45, 7) is 6.79. The fourth-order valence-corrected chi connectivity index (χ4v) is 0.622. The molecule has 0 aromatic heterocycles. The van der Waals surface area contributed by atoms with Crippen LogP contribution < -0.4 is 0 Å². The van der Waals surface area contributed by atoms with E-state index in [4.69, 9.17) is 14.6 Å². The first-order chi connectivity index (χ1) is 6.18. The Labute approximate surface area is 78.8 Å². The van der Waals surface area contributed by atoms with Gasteiger partial charge in [-0.3, -0.25) is 0 Å². The molecule has 0 saturated heterocycles. The highest BCUT2D eigenvalue weighted by atomic mass is 16.5. The molecule has 1 unspecified atom stereocenters. The quantitative estimate of drug-likeness (QED) is 0.416. The summed E-state index contributed by atoms with van der Waals surface area (Å²) in [7, 11) is 0. The fraction of sp³-hybridized carbons (Fsp3) is 0.778. The summed E-state index contributed by atoms with van der Waals surface area (Å²) in [6.07, 6.45) is -0.599. The van der Waals surface area contributed by atoms with Crippen molar-refractivity contribution < 1.29 is 19.7 Å². The number of aliphatic hydroxyl groups is 2. The maximum atomic E-state index is 9.22. The highest BCUT2D eigenvalue weighted by Gasteiger charge is 2.03. The van der Waals surface area contributed by atoms with E-state index in [0.717, 1.165) is 0 Å². The lowest BCUT2D eigenvalue weighted by Crippen LogP contribution is -2.18. The second kappa shape index (κ2) is 8.19. The van der Waals surface area contributed by atoms with Crippen LogP contribution in [0, 0.1) is 0 Å². The Balaban J connectivity index is 3.11. The third-order valence-corrected chi connectivity index (χ3v) is 1.45. The Morgan fingerprint density at radius 1 is 1.31 bits per heavy atom. The fourth-order valence-electron chi connectivity index (χ4n) is 0.622. The Bertz CT molecular complexity index is 136. The largest absolute Gasteiger partial charge is 0.394 e. The average Bonchev–Trinajstić information content (AvgIpc) is 2.10. The summed E-state index contributed by atoms with van der Waals surface area (Å²) < 4.78 is 10.0. The summed E-state index contributed by atoms with van der Waals surface area (Å²) >= 11 is 0. The first kappa shape index (κ1) is 12.6. The first-order valence-corrected chi connectivity index (χ1v) is 4.28. The molecule has 0 saturated carbocycles. The van der Waals surface area contributed by atoms with E-state index in [1.807, 2.05) is 0 Å². The topological polar surface area (TPSA) is 58.9 Å². The standard InChI is InChI=1S/C9H18O4/c1-8(2)9(11)7-13-6-5-12-4-3-10/h9-11H,1,3-7H2,2H3. The summed E-state index contributed by atoms with van der Waals surface area (Å²) in [4.78, 5) is 0. The molecule has 0 fully saturated rings. The van der Waals surface area contributed by atoms with E-state index in [1.54, 1.807) is 6.92 Å². The molecule has 2 N–H and O–H groups in total. The van der Waals surface area contributed by atoms with Crippen molar-refractivity contribution >= 4 is 0 Å². The van der Waals surface area contributed by atoms with Gasteiger partial charge in [0, 0.05) is 0 Å². The number of hydrogen-bond acceptors (Lipinski definition) is 4. The predicted molar refractivity (Wildman–Crippen MR) is 49.5 cm³/mol. The Morgan fingerprint density at radius 2 is 1.92 bits per heavy atom. The Hall–Kier alpha value is -0.420. The third-order valence-electron chi connectivity index (χ3n) is 1.45.